The van der Waals surface area contributed by atoms with Crippen LogP contribution in [0.1, 0.15) is 66.0 Å². The molecule has 43 heavy (non-hydrogen) atoms. The maximum Gasteiger partial charge on any atom is 0.408 e. The molecule has 0 spiro atoms. The van der Waals surface area contributed by atoms with Gasteiger partial charge < -0.3 is 23.9 Å². The number of para-hydroxylation sites is 1. The number of alkyl carbamates (subject to hydrolysis) is 1. The first-order valence-electron chi connectivity index (χ1n) is 15.4. The number of aromatic nitrogens is 1. The number of hydrogen-bond acceptors (Lipinski definition) is 5. The molecule has 2 aromatic carbocycles. The number of nitrogens with zero attached hydrogens (tertiary/aromatic N) is 2. The van der Waals surface area contributed by atoms with Crippen molar-refractivity contribution in [1.29, 1.82) is 0 Å². The van der Waals surface area contributed by atoms with Crippen molar-refractivity contribution in [2.75, 3.05) is 13.7 Å². The second kappa shape index (κ2) is 13.0. The van der Waals surface area contributed by atoms with Crippen LogP contribution in [0.5, 0.6) is 0 Å². The summed E-state index contributed by atoms with van der Waals surface area (Å²) in [6.07, 6.45) is 2.20. The van der Waals surface area contributed by atoms with Gasteiger partial charge in [0.1, 0.15) is 18.2 Å². The number of carbonyl (C=O) groups is 3. The van der Waals surface area contributed by atoms with Crippen LogP contribution in [0.3, 0.4) is 0 Å². The van der Waals surface area contributed by atoms with Crippen molar-refractivity contribution >= 4 is 37.1 Å². The number of esters is 1. The van der Waals surface area contributed by atoms with Gasteiger partial charge in [-0.3, -0.25) is 4.79 Å². The van der Waals surface area contributed by atoms with Crippen LogP contribution in [-0.4, -0.2) is 60.6 Å². The molecule has 1 fully saturated rings. The van der Waals surface area contributed by atoms with Gasteiger partial charge in [0, 0.05) is 23.9 Å². The van der Waals surface area contributed by atoms with Gasteiger partial charge in [0.05, 0.1) is 7.11 Å². The van der Waals surface area contributed by atoms with E-state index in [1.165, 1.54) is 12.0 Å². The molecule has 1 aliphatic rings. The Morgan fingerprint density at radius 2 is 1.53 bits per heavy atom. The first-order valence-corrected chi connectivity index (χ1v) is 17.5. The fourth-order valence-corrected chi connectivity index (χ4v) is 14.3. The number of ether oxygens (including phenoxy) is 2. The summed E-state index contributed by atoms with van der Waals surface area (Å²) in [5, 5.41) is 4.06. The Morgan fingerprint density at radius 3 is 2.14 bits per heavy atom. The largest absolute Gasteiger partial charge is 0.467 e. The summed E-state index contributed by atoms with van der Waals surface area (Å²) >= 11 is 0. The number of methoxy groups -OCH3 is 1. The van der Waals surface area contributed by atoms with Gasteiger partial charge in [0.15, 0.2) is 8.24 Å². The van der Waals surface area contributed by atoms with Crippen molar-refractivity contribution in [3.05, 3.63) is 71.9 Å². The van der Waals surface area contributed by atoms with Crippen molar-refractivity contribution in [3.63, 3.8) is 0 Å². The van der Waals surface area contributed by atoms with E-state index in [1.54, 1.807) is 6.92 Å². The van der Waals surface area contributed by atoms with Gasteiger partial charge in [-0.05, 0) is 53.4 Å². The van der Waals surface area contributed by atoms with Gasteiger partial charge in [-0.25, -0.2) is 9.59 Å². The zero-order valence-electron chi connectivity index (χ0n) is 26.8. The molecule has 2 amide bonds. The molecule has 2 heterocycles. The smallest absolute Gasteiger partial charge is 0.408 e. The summed E-state index contributed by atoms with van der Waals surface area (Å²) in [5.41, 5.74) is 3.15. The van der Waals surface area contributed by atoms with E-state index in [9.17, 15) is 14.4 Å². The minimum Gasteiger partial charge on any atom is -0.467 e. The van der Waals surface area contributed by atoms with E-state index in [0.29, 0.717) is 29.6 Å². The minimum absolute atomic E-state index is 0.0871. The van der Waals surface area contributed by atoms with Crippen molar-refractivity contribution in [2.24, 2.45) is 0 Å². The summed E-state index contributed by atoms with van der Waals surface area (Å²) in [5.74, 6) is -0.798. The molecule has 1 aromatic heterocycles. The summed E-state index contributed by atoms with van der Waals surface area (Å²) in [7, 11) is -0.815. The van der Waals surface area contributed by atoms with E-state index in [0.717, 1.165) is 22.0 Å². The van der Waals surface area contributed by atoms with E-state index >= 15 is 0 Å². The summed E-state index contributed by atoms with van der Waals surface area (Å²) in [6, 6.07) is 17.0. The highest BCUT2D eigenvalue weighted by Gasteiger charge is 2.52. The quantitative estimate of drug-likeness (QED) is 0.195. The second-order valence-corrected chi connectivity index (χ2v) is 18.5. The molecule has 8 nitrogen and oxygen atoms in total. The van der Waals surface area contributed by atoms with Gasteiger partial charge in [0.2, 0.25) is 5.91 Å². The Labute approximate surface area is 256 Å². The Hall–Kier alpha value is -3.59. The molecule has 0 saturated carbocycles. The van der Waals surface area contributed by atoms with Gasteiger partial charge in [-0.2, -0.15) is 0 Å². The first-order chi connectivity index (χ1) is 20.4. The molecule has 1 saturated heterocycles. The molecule has 232 valence electrons. The maximum atomic E-state index is 14.2. The third-order valence-corrected chi connectivity index (χ3v) is 16.2. The third kappa shape index (κ3) is 5.96. The number of hydrogen-bond donors (Lipinski definition) is 1. The van der Waals surface area contributed by atoms with Crippen LogP contribution in [0.4, 0.5) is 4.79 Å². The normalized spacial score (nSPS) is 18.1. The molecule has 9 heteroatoms. The Morgan fingerprint density at radius 1 is 0.930 bits per heavy atom. The maximum absolute atomic E-state index is 14.2. The zero-order chi connectivity index (χ0) is 31.5. The number of rotatable bonds is 11. The molecule has 0 bridgehead atoms. The van der Waals surface area contributed by atoms with Crippen LogP contribution in [0.25, 0.3) is 10.9 Å². The second-order valence-electron chi connectivity index (χ2n) is 12.8. The highest BCUT2D eigenvalue weighted by Crippen LogP contribution is 2.45. The molecule has 0 aliphatic carbocycles. The molecule has 1 N–H and O–H groups in total. The number of likely N-dealkylation sites (tertiary alicyclic amines) is 1. The van der Waals surface area contributed by atoms with E-state index in [-0.39, 0.29) is 18.9 Å². The molecule has 3 aromatic rings. The van der Waals surface area contributed by atoms with Crippen molar-refractivity contribution in [2.45, 2.75) is 96.1 Å². The molecule has 1 aliphatic heterocycles. The minimum atomic E-state index is -2.13. The molecule has 4 rings (SSSR count). The van der Waals surface area contributed by atoms with Gasteiger partial charge in [-0.1, -0.05) is 90.1 Å². The van der Waals surface area contributed by atoms with E-state index in [4.69, 9.17) is 9.47 Å². The highest BCUT2D eigenvalue weighted by atomic mass is 28.3. The fraction of sp³-hybridized carbons (Fsp3) is 0.500. The zero-order valence-corrected chi connectivity index (χ0v) is 27.8. The molecule has 0 radical (unpaired) electrons. The predicted molar refractivity (Wildman–Crippen MR) is 172 cm³/mol. The topological polar surface area (TPSA) is 89.9 Å². The summed E-state index contributed by atoms with van der Waals surface area (Å²) < 4.78 is 13.1. The standard InChI is InChI=1S/C34H47N3O5Si/c1-23(2)43(24(3)4,25(5)6)37-21-28(29-16-12-13-17-30(29)37)20-34(18-19-36(32(34)39)26(7)31(38)41-8)35-33(40)42-22-27-14-10-9-11-15-27/h9-17,21,23-26H,18-20,22H2,1-8H3,(H,35,40)/t26-,34+/m0/s1. The van der Waals surface area contributed by atoms with Crippen LogP contribution < -0.4 is 5.32 Å². The van der Waals surface area contributed by atoms with Crippen LogP contribution >= 0.6 is 0 Å². The number of carbonyl (C=O) groups excluding carboxylic acids is 3. The number of fused-ring (bicyclic) bond motifs is 1. The lowest BCUT2D eigenvalue weighted by atomic mass is 9.89. The fourth-order valence-electron chi connectivity index (χ4n) is 7.61. The van der Waals surface area contributed by atoms with E-state index in [1.807, 2.05) is 36.4 Å². The Kier molecular flexibility index (Phi) is 9.74. The highest BCUT2D eigenvalue weighted by molar-refractivity contribution is 6.82. The number of nitrogens with one attached hydrogen (secondary N) is 1. The van der Waals surface area contributed by atoms with Gasteiger partial charge in [0.25, 0.3) is 0 Å². The molecule has 2 atom stereocenters. The summed E-state index contributed by atoms with van der Waals surface area (Å²) in [6.45, 7) is 16.1. The number of benzene rings is 2. The molecular weight excluding hydrogens is 558 g/mol. The SMILES string of the molecule is COC(=O)[C@H](C)N1CC[C@](Cc2cn([Si](C(C)C)(C(C)C)C(C)C)c3ccccc23)(NC(=O)OCc2ccccc2)C1=O. The lowest BCUT2D eigenvalue weighted by Gasteiger charge is -2.44. The Balaban J connectivity index is 1.78. The summed E-state index contributed by atoms with van der Waals surface area (Å²) in [4.78, 5) is 41.5. The average molecular weight is 606 g/mol. The van der Waals surface area contributed by atoms with Gasteiger partial charge in [-0.15, -0.1) is 0 Å². The van der Waals surface area contributed by atoms with Crippen LogP contribution in [-0.2, 0) is 32.1 Å². The van der Waals surface area contributed by atoms with E-state index < -0.39 is 31.9 Å². The van der Waals surface area contributed by atoms with Gasteiger partial charge >= 0.3 is 12.1 Å². The Bertz CT molecular complexity index is 1430. The van der Waals surface area contributed by atoms with Crippen molar-refractivity contribution in [1.82, 2.24) is 14.4 Å². The monoisotopic (exact) mass is 605 g/mol. The van der Waals surface area contributed by atoms with Crippen molar-refractivity contribution in [3.8, 4) is 0 Å². The molecule has 0 unspecified atom stereocenters. The van der Waals surface area contributed by atoms with Crippen LogP contribution in [0.2, 0.25) is 16.6 Å². The predicted octanol–water partition coefficient (Wildman–Crippen LogP) is 6.67. The third-order valence-electron chi connectivity index (χ3n) is 9.49. The van der Waals surface area contributed by atoms with Crippen LogP contribution in [0, 0.1) is 0 Å². The lowest BCUT2D eigenvalue weighted by molar-refractivity contribution is -0.151. The number of amides is 2. The average Bonchev–Trinajstić information content (AvgIpc) is 3.49. The van der Waals surface area contributed by atoms with E-state index in [2.05, 4.69) is 75.5 Å². The lowest BCUT2D eigenvalue weighted by Crippen LogP contribution is -2.57. The molecular formula is C34H47N3O5Si. The first kappa shape index (κ1) is 32.3. The van der Waals surface area contributed by atoms with Crippen LogP contribution in [0.15, 0.2) is 60.8 Å². The van der Waals surface area contributed by atoms with Crippen molar-refractivity contribution < 1.29 is 23.9 Å².